The lowest BCUT2D eigenvalue weighted by atomic mass is 10.3. The Kier molecular flexibility index (Phi) is 5.47. The normalized spacial score (nSPS) is 9.94. The summed E-state index contributed by atoms with van der Waals surface area (Å²) in [7, 11) is 0. The third-order valence-corrected chi connectivity index (χ3v) is 2.66. The van der Waals surface area contributed by atoms with Crippen LogP contribution in [-0.2, 0) is 0 Å². The number of carbonyl (C=O) groups is 1. The van der Waals surface area contributed by atoms with E-state index in [4.69, 9.17) is 16.9 Å². The number of nitriles is 1. The number of nitrogens with zero attached hydrogens (tertiary/aromatic N) is 2. The zero-order valence-electron chi connectivity index (χ0n) is 10.5. The molecule has 5 heteroatoms. The van der Waals surface area contributed by atoms with Crippen LogP contribution in [0.15, 0.2) is 24.3 Å². The number of anilines is 1. The summed E-state index contributed by atoms with van der Waals surface area (Å²) in [5.41, 5.74) is 0.648. The van der Waals surface area contributed by atoms with Crippen molar-refractivity contribution in [3.05, 3.63) is 29.3 Å². The van der Waals surface area contributed by atoms with Gasteiger partial charge in [-0.15, -0.1) is 0 Å². The van der Waals surface area contributed by atoms with Crippen LogP contribution in [0.3, 0.4) is 0 Å². The molecule has 0 radical (unpaired) electrons. The molecule has 0 aliphatic heterocycles. The summed E-state index contributed by atoms with van der Waals surface area (Å²) < 4.78 is 0. The molecule has 0 unspecified atom stereocenters. The van der Waals surface area contributed by atoms with E-state index in [-0.39, 0.29) is 12.1 Å². The van der Waals surface area contributed by atoms with Crippen LogP contribution in [0.2, 0.25) is 5.02 Å². The van der Waals surface area contributed by atoms with E-state index in [1.807, 2.05) is 19.9 Å². The second-order valence-corrected chi connectivity index (χ2v) is 4.57. The molecule has 1 aromatic rings. The summed E-state index contributed by atoms with van der Waals surface area (Å²) >= 11 is 5.85. The number of halogens is 1. The van der Waals surface area contributed by atoms with E-state index >= 15 is 0 Å². The first-order valence-electron chi connectivity index (χ1n) is 5.74. The number of hydrogen-bond donors (Lipinski definition) is 1. The van der Waals surface area contributed by atoms with E-state index in [1.54, 1.807) is 29.2 Å². The van der Waals surface area contributed by atoms with Gasteiger partial charge in [0.1, 0.15) is 0 Å². The number of benzene rings is 1. The molecule has 0 fully saturated rings. The van der Waals surface area contributed by atoms with E-state index in [2.05, 4.69) is 5.32 Å². The molecule has 0 aromatic heterocycles. The summed E-state index contributed by atoms with van der Waals surface area (Å²) in [5, 5.41) is 11.9. The van der Waals surface area contributed by atoms with Crippen molar-refractivity contribution in [1.29, 1.82) is 5.26 Å². The largest absolute Gasteiger partial charge is 0.322 e. The molecule has 2 amide bonds. The SMILES string of the molecule is CC(C)N(CCC#N)C(=O)Nc1cccc(Cl)c1. The maximum absolute atomic E-state index is 12.0. The van der Waals surface area contributed by atoms with Crippen molar-refractivity contribution in [3.8, 4) is 6.07 Å². The van der Waals surface area contributed by atoms with Crippen molar-refractivity contribution in [2.24, 2.45) is 0 Å². The Bertz CT molecular complexity index is 454. The van der Waals surface area contributed by atoms with Gasteiger partial charge < -0.3 is 10.2 Å². The van der Waals surface area contributed by atoms with E-state index < -0.39 is 0 Å². The highest BCUT2D eigenvalue weighted by atomic mass is 35.5. The molecule has 1 aromatic carbocycles. The Morgan fingerprint density at radius 2 is 2.28 bits per heavy atom. The summed E-state index contributed by atoms with van der Waals surface area (Å²) in [6, 6.07) is 8.82. The van der Waals surface area contributed by atoms with Crippen LogP contribution in [-0.4, -0.2) is 23.5 Å². The zero-order chi connectivity index (χ0) is 13.5. The quantitative estimate of drug-likeness (QED) is 0.906. The maximum Gasteiger partial charge on any atom is 0.322 e. The van der Waals surface area contributed by atoms with Crippen LogP contribution >= 0.6 is 11.6 Å². The first-order chi connectivity index (χ1) is 8.54. The van der Waals surface area contributed by atoms with Crippen molar-refractivity contribution in [2.45, 2.75) is 26.3 Å². The van der Waals surface area contributed by atoms with Crippen molar-refractivity contribution in [3.63, 3.8) is 0 Å². The van der Waals surface area contributed by atoms with Gasteiger partial charge in [0.15, 0.2) is 0 Å². The highest BCUT2D eigenvalue weighted by Crippen LogP contribution is 2.15. The summed E-state index contributed by atoms with van der Waals surface area (Å²) in [6.07, 6.45) is 0.321. The Morgan fingerprint density at radius 1 is 1.56 bits per heavy atom. The number of carbonyl (C=O) groups excluding carboxylic acids is 1. The second-order valence-electron chi connectivity index (χ2n) is 4.14. The van der Waals surface area contributed by atoms with Crippen molar-refractivity contribution < 1.29 is 4.79 Å². The Morgan fingerprint density at radius 3 is 2.83 bits per heavy atom. The van der Waals surface area contributed by atoms with Crippen LogP contribution in [0.4, 0.5) is 10.5 Å². The fourth-order valence-corrected chi connectivity index (χ4v) is 1.72. The number of nitrogens with one attached hydrogen (secondary N) is 1. The third kappa shape index (κ3) is 4.27. The molecule has 0 spiro atoms. The van der Waals surface area contributed by atoms with Crippen molar-refractivity contribution >= 4 is 23.3 Å². The number of amides is 2. The Balaban J connectivity index is 2.70. The van der Waals surface area contributed by atoms with Crippen LogP contribution < -0.4 is 5.32 Å². The highest BCUT2D eigenvalue weighted by molar-refractivity contribution is 6.30. The molecule has 0 heterocycles. The smallest absolute Gasteiger partial charge is 0.321 e. The van der Waals surface area contributed by atoms with Gasteiger partial charge in [-0.2, -0.15) is 5.26 Å². The highest BCUT2D eigenvalue weighted by Gasteiger charge is 2.16. The standard InChI is InChI=1S/C13H16ClN3O/c1-10(2)17(8-4-7-15)13(18)16-12-6-3-5-11(14)9-12/h3,5-6,9-10H,4,8H2,1-2H3,(H,16,18). The van der Waals surface area contributed by atoms with Gasteiger partial charge in [-0.3, -0.25) is 0 Å². The Hall–Kier alpha value is -1.73. The average molecular weight is 266 g/mol. The molecule has 0 saturated carbocycles. The second kappa shape index (κ2) is 6.87. The van der Waals surface area contributed by atoms with Crippen LogP contribution in [0.5, 0.6) is 0 Å². The minimum atomic E-state index is -0.220. The van der Waals surface area contributed by atoms with Crippen LogP contribution in [0.25, 0.3) is 0 Å². The van der Waals surface area contributed by atoms with Gasteiger partial charge in [0.2, 0.25) is 0 Å². The zero-order valence-corrected chi connectivity index (χ0v) is 11.2. The molecule has 0 bridgehead atoms. The summed E-state index contributed by atoms with van der Waals surface area (Å²) in [4.78, 5) is 13.6. The molecule has 96 valence electrons. The first kappa shape index (κ1) is 14.3. The topological polar surface area (TPSA) is 56.1 Å². The van der Waals surface area contributed by atoms with Gasteiger partial charge in [0, 0.05) is 23.3 Å². The lowest BCUT2D eigenvalue weighted by molar-refractivity contribution is 0.198. The molecule has 18 heavy (non-hydrogen) atoms. The van der Waals surface area contributed by atoms with Crippen LogP contribution in [0, 0.1) is 11.3 Å². The van der Waals surface area contributed by atoms with Crippen LogP contribution in [0.1, 0.15) is 20.3 Å². The minimum absolute atomic E-state index is 0.0394. The molecule has 1 N–H and O–H groups in total. The van der Waals surface area contributed by atoms with Crippen molar-refractivity contribution in [2.75, 3.05) is 11.9 Å². The molecule has 0 aliphatic rings. The van der Waals surface area contributed by atoms with Gasteiger partial charge in [-0.25, -0.2) is 4.79 Å². The molecule has 0 aliphatic carbocycles. The number of urea groups is 1. The predicted octanol–water partition coefficient (Wildman–Crippen LogP) is 3.50. The third-order valence-electron chi connectivity index (χ3n) is 2.42. The van der Waals surface area contributed by atoms with E-state index in [9.17, 15) is 4.79 Å². The molecule has 1 rings (SSSR count). The van der Waals surface area contributed by atoms with Gasteiger partial charge in [-0.05, 0) is 32.0 Å². The molecule has 0 saturated heterocycles. The molecule has 0 atom stereocenters. The molecular formula is C13H16ClN3O. The summed E-state index contributed by atoms with van der Waals surface area (Å²) in [5.74, 6) is 0. The molecule has 4 nitrogen and oxygen atoms in total. The molecular weight excluding hydrogens is 250 g/mol. The Labute approximate surface area is 112 Å². The van der Waals surface area contributed by atoms with Gasteiger partial charge in [0.25, 0.3) is 0 Å². The number of hydrogen-bond acceptors (Lipinski definition) is 2. The van der Waals surface area contributed by atoms with Gasteiger partial charge in [-0.1, -0.05) is 17.7 Å². The van der Waals surface area contributed by atoms with E-state index in [0.717, 1.165) is 0 Å². The summed E-state index contributed by atoms with van der Waals surface area (Å²) in [6.45, 7) is 4.24. The van der Waals surface area contributed by atoms with Gasteiger partial charge in [0.05, 0.1) is 12.5 Å². The lowest BCUT2D eigenvalue weighted by Crippen LogP contribution is -2.40. The van der Waals surface area contributed by atoms with E-state index in [1.165, 1.54) is 0 Å². The maximum atomic E-state index is 12.0. The van der Waals surface area contributed by atoms with Gasteiger partial charge >= 0.3 is 6.03 Å². The lowest BCUT2D eigenvalue weighted by Gasteiger charge is -2.26. The van der Waals surface area contributed by atoms with E-state index in [0.29, 0.717) is 23.7 Å². The predicted molar refractivity (Wildman–Crippen MR) is 72.5 cm³/mol. The average Bonchev–Trinajstić information content (AvgIpc) is 2.29. The first-order valence-corrected chi connectivity index (χ1v) is 6.12. The van der Waals surface area contributed by atoms with Crippen molar-refractivity contribution in [1.82, 2.24) is 4.90 Å². The fraction of sp³-hybridized carbons (Fsp3) is 0.385. The minimum Gasteiger partial charge on any atom is -0.321 e. The monoisotopic (exact) mass is 265 g/mol. The fourth-order valence-electron chi connectivity index (χ4n) is 1.53. The number of rotatable bonds is 4.